The summed E-state index contributed by atoms with van der Waals surface area (Å²) in [6.45, 7) is 5.42. The molecule has 3 heterocycles. The van der Waals surface area contributed by atoms with Crippen molar-refractivity contribution < 1.29 is 33.3 Å². The average Bonchev–Trinajstić information content (AvgIpc) is 3.15. The number of ether oxygens (including phenoxy) is 4. The highest BCUT2D eigenvalue weighted by molar-refractivity contribution is 5.91. The minimum Gasteiger partial charge on any atom is -0.497 e. The number of esters is 1. The van der Waals surface area contributed by atoms with Gasteiger partial charge in [-0.05, 0) is 51.8 Å². The van der Waals surface area contributed by atoms with E-state index < -0.39 is 29.3 Å². The second kappa shape index (κ2) is 8.20. The molecule has 0 N–H and O–H groups in total. The Hall–Kier alpha value is -3.36. The monoisotopic (exact) mass is 456 g/mol. The summed E-state index contributed by atoms with van der Waals surface area (Å²) in [5.41, 5.74) is 0.129. The van der Waals surface area contributed by atoms with E-state index in [1.54, 1.807) is 40.0 Å². The maximum Gasteiger partial charge on any atom is 0.411 e. The number of carbonyl (C=O) groups is 3. The lowest BCUT2D eigenvalue weighted by Gasteiger charge is -2.36. The van der Waals surface area contributed by atoms with Crippen LogP contribution < -0.4 is 9.47 Å². The second-order valence-electron chi connectivity index (χ2n) is 9.44. The van der Waals surface area contributed by atoms with E-state index in [0.29, 0.717) is 36.1 Å². The van der Waals surface area contributed by atoms with Crippen molar-refractivity contribution in [2.75, 3.05) is 20.8 Å². The SMILES string of the molecule is COC(=O)C1CC2(CCc3c(c(C=O)nc4ccc(OC)cc34)O2)CN1C(=O)OC(C)(C)C. The minimum atomic E-state index is -0.866. The summed E-state index contributed by atoms with van der Waals surface area (Å²) in [5.74, 6) is 0.518. The predicted octanol–water partition coefficient (Wildman–Crippen LogP) is 3.30. The van der Waals surface area contributed by atoms with E-state index in [-0.39, 0.29) is 18.7 Å². The van der Waals surface area contributed by atoms with Gasteiger partial charge in [0.1, 0.15) is 28.7 Å². The second-order valence-corrected chi connectivity index (χ2v) is 9.44. The van der Waals surface area contributed by atoms with E-state index in [4.69, 9.17) is 18.9 Å². The molecule has 0 bridgehead atoms. The molecule has 0 radical (unpaired) electrons. The number of benzene rings is 1. The van der Waals surface area contributed by atoms with Gasteiger partial charge >= 0.3 is 12.1 Å². The molecule has 33 heavy (non-hydrogen) atoms. The quantitative estimate of drug-likeness (QED) is 0.512. The molecule has 2 aliphatic heterocycles. The molecule has 9 heteroatoms. The first-order valence-corrected chi connectivity index (χ1v) is 10.8. The van der Waals surface area contributed by atoms with Gasteiger partial charge in [0, 0.05) is 17.4 Å². The number of amides is 1. The zero-order chi connectivity index (χ0) is 24.0. The number of methoxy groups -OCH3 is 2. The molecule has 1 fully saturated rings. The number of aromatic nitrogens is 1. The molecule has 4 rings (SSSR count). The molecule has 1 amide bonds. The smallest absolute Gasteiger partial charge is 0.411 e. The summed E-state index contributed by atoms with van der Waals surface area (Å²) in [5, 5.41) is 0.844. The van der Waals surface area contributed by atoms with Crippen molar-refractivity contribution in [2.24, 2.45) is 0 Å². The van der Waals surface area contributed by atoms with E-state index in [0.717, 1.165) is 10.9 Å². The van der Waals surface area contributed by atoms with Crippen LogP contribution in [0.2, 0.25) is 0 Å². The molecular formula is C24H28N2O7. The molecule has 2 unspecified atom stereocenters. The predicted molar refractivity (Wildman–Crippen MR) is 119 cm³/mol. The summed E-state index contributed by atoms with van der Waals surface area (Å²) >= 11 is 0. The maximum atomic E-state index is 12.9. The first-order valence-electron chi connectivity index (χ1n) is 10.8. The Kier molecular flexibility index (Phi) is 5.67. The molecule has 176 valence electrons. The number of likely N-dealkylation sites (tertiary alicyclic amines) is 1. The van der Waals surface area contributed by atoms with Gasteiger partial charge in [0.05, 0.1) is 26.3 Å². The number of hydrogen-bond donors (Lipinski definition) is 0. The van der Waals surface area contributed by atoms with Gasteiger partial charge < -0.3 is 18.9 Å². The van der Waals surface area contributed by atoms with Crippen LogP contribution in [-0.2, 0) is 20.7 Å². The number of rotatable bonds is 3. The summed E-state index contributed by atoms with van der Waals surface area (Å²) in [6.07, 6.45) is 1.41. The lowest BCUT2D eigenvalue weighted by atomic mass is 9.87. The van der Waals surface area contributed by atoms with Crippen molar-refractivity contribution in [1.29, 1.82) is 0 Å². The molecule has 2 atom stereocenters. The summed E-state index contributed by atoms with van der Waals surface area (Å²) < 4.78 is 22.2. The van der Waals surface area contributed by atoms with Gasteiger partial charge in [-0.25, -0.2) is 14.6 Å². The highest BCUT2D eigenvalue weighted by Crippen LogP contribution is 2.45. The Bertz CT molecular complexity index is 1120. The standard InChI is InChI=1S/C24H28N2O7/c1-23(2,3)33-22(29)26-13-24(11-19(26)21(28)31-5)9-8-15-16-10-14(30-4)6-7-17(16)25-18(12-27)20(15)32-24/h6-7,10,12,19H,8-9,11,13H2,1-5H3. The van der Waals surface area contributed by atoms with E-state index in [2.05, 4.69) is 4.98 Å². The van der Waals surface area contributed by atoms with E-state index in [1.165, 1.54) is 12.0 Å². The average molecular weight is 456 g/mol. The van der Waals surface area contributed by atoms with Gasteiger partial charge in [-0.3, -0.25) is 9.69 Å². The third kappa shape index (κ3) is 4.19. The Morgan fingerprint density at radius 2 is 2.03 bits per heavy atom. The topological polar surface area (TPSA) is 104 Å². The Morgan fingerprint density at radius 3 is 2.67 bits per heavy atom. The van der Waals surface area contributed by atoms with Gasteiger partial charge in [0.2, 0.25) is 0 Å². The fraction of sp³-hybridized carbons (Fsp3) is 0.500. The largest absolute Gasteiger partial charge is 0.497 e. The third-order valence-electron chi connectivity index (χ3n) is 6.04. The highest BCUT2D eigenvalue weighted by Gasteiger charge is 2.53. The molecule has 2 aliphatic rings. The Balaban J connectivity index is 1.73. The maximum absolute atomic E-state index is 12.9. The fourth-order valence-electron chi connectivity index (χ4n) is 4.56. The van der Waals surface area contributed by atoms with Gasteiger partial charge in [0.25, 0.3) is 0 Å². The summed E-state index contributed by atoms with van der Waals surface area (Å²) in [7, 11) is 2.87. The molecular weight excluding hydrogens is 428 g/mol. The van der Waals surface area contributed by atoms with Crippen LogP contribution in [0.5, 0.6) is 11.5 Å². The number of aldehydes is 1. The summed E-state index contributed by atoms with van der Waals surface area (Å²) in [4.78, 5) is 43.1. The van der Waals surface area contributed by atoms with Crippen LogP contribution in [0, 0.1) is 0 Å². The van der Waals surface area contributed by atoms with E-state index in [1.807, 2.05) is 6.07 Å². The van der Waals surface area contributed by atoms with Crippen molar-refractivity contribution in [3.05, 3.63) is 29.5 Å². The minimum absolute atomic E-state index is 0.134. The normalized spacial score (nSPS) is 22.0. The van der Waals surface area contributed by atoms with E-state index in [9.17, 15) is 14.4 Å². The molecule has 0 aliphatic carbocycles. The molecule has 9 nitrogen and oxygen atoms in total. The number of fused-ring (bicyclic) bond motifs is 3. The van der Waals surface area contributed by atoms with Crippen LogP contribution in [0.15, 0.2) is 18.2 Å². The molecule has 1 aromatic carbocycles. The molecule has 1 saturated heterocycles. The van der Waals surface area contributed by atoms with Crippen LogP contribution in [0.1, 0.15) is 49.7 Å². The lowest BCUT2D eigenvalue weighted by molar-refractivity contribution is -0.145. The fourth-order valence-corrected chi connectivity index (χ4v) is 4.56. The molecule has 1 spiro atoms. The van der Waals surface area contributed by atoms with Crippen molar-refractivity contribution >= 4 is 29.3 Å². The summed E-state index contributed by atoms with van der Waals surface area (Å²) in [6, 6.07) is 4.62. The van der Waals surface area contributed by atoms with Crippen molar-refractivity contribution in [1.82, 2.24) is 9.88 Å². The zero-order valence-corrected chi connectivity index (χ0v) is 19.5. The lowest BCUT2D eigenvalue weighted by Crippen LogP contribution is -2.46. The number of aryl methyl sites for hydroxylation is 1. The number of pyridine rings is 1. The van der Waals surface area contributed by atoms with Crippen LogP contribution in [0.3, 0.4) is 0 Å². The van der Waals surface area contributed by atoms with Crippen molar-refractivity contribution in [3.8, 4) is 11.5 Å². The Labute approximate surface area is 191 Å². The van der Waals surface area contributed by atoms with Gasteiger partial charge in [-0.2, -0.15) is 0 Å². The van der Waals surface area contributed by atoms with Crippen LogP contribution >= 0.6 is 0 Å². The third-order valence-corrected chi connectivity index (χ3v) is 6.04. The van der Waals surface area contributed by atoms with Crippen molar-refractivity contribution in [2.45, 2.75) is 57.3 Å². The van der Waals surface area contributed by atoms with Crippen molar-refractivity contribution in [3.63, 3.8) is 0 Å². The van der Waals surface area contributed by atoms with Crippen LogP contribution in [0.25, 0.3) is 10.9 Å². The van der Waals surface area contributed by atoms with Crippen LogP contribution in [0.4, 0.5) is 4.79 Å². The first kappa shape index (κ1) is 22.8. The number of carbonyl (C=O) groups excluding carboxylic acids is 3. The molecule has 0 saturated carbocycles. The van der Waals surface area contributed by atoms with Crippen LogP contribution in [-0.4, -0.2) is 66.2 Å². The number of hydrogen-bond acceptors (Lipinski definition) is 8. The molecule has 2 aromatic rings. The number of nitrogens with zero attached hydrogens (tertiary/aromatic N) is 2. The van der Waals surface area contributed by atoms with Gasteiger partial charge in [-0.1, -0.05) is 0 Å². The zero-order valence-electron chi connectivity index (χ0n) is 19.5. The molecule has 1 aromatic heterocycles. The van der Waals surface area contributed by atoms with Gasteiger partial charge in [0.15, 0.2) is 12.0 Å². The van der Waals surface area contributed by atoms with E-state index >= 15 is 0 Å². The highest BCUT2D eigenvalue weighted by atomic mass is 16.6. The Morgan fingerprint density at radius 1 is 1.27 bits per heavy atom. The van der Waals surface area contributed by atoms with Gasteiger partial charge in [-0.15, -0.1) is 0 Å². The first-order chi connectivity index (χ1) is 15.6.